The third-order valence-electron chi connectivity index (χ3n) is 3.91. The van der Waals surface area contributed by atoms with E-state index in [1.165, 1.54) is 17.3 Å². The van der Waals surface area contributed by atoms with E-state index in [4.69, 9.17) is 11.6 Å². The van der Waals surface area contributed by atoms with Gasteiger partial charge in [0, 0.05) is 30.2 Å². The number of rotatable bonds is 7. The van der Waals surface area contributed by atoms with Crippen molar-refractivity contribution in [2.45, 2.75) is 18.0 Å². The summed E-state index contributed by atoms with van der Waals surface area (Å²) >= 11 is 7.59. The van der Waals surface area contributed by atoms with Crippen LogP contribution in [0.15, 0.2) is 71.9 Å². The van der Waals surface area contributed by atoms with E-state index in [1.807, 2.05) is 66.6 Å². The van der Waals surface area contributed by atoms with E-state index in [2.05, 4.69) is 17.2 Å². The minimum Gasteiger partial charge on any atom is -0.341 e. The number of aromatic nitrogens is 2. The fraction of sp³-hybridized carbons (Fsp3) is 0.200. The van der Waals surface area contributed by atoms with Crippen LogP contribution in [0.2, 0.25) is 5.02 Å². The number of halogens is 1. The number of nitrogens with zero attached hydrogens (tertiary/aromatic N) is 3. The van der Waals surface area contributed by atoms with Crippen LogP contribution in [0.1, 0.15) is 11.1 Å². The number of amides is 1. The fourth-order valence-corrected chi connectivity index (χ4v) is 3.70. The van der Waals surface area contributed by atoms with Crippen LogP contribution >= 0.6 is 23.4 Å². The van der Waals surface area contributed by atoms with Crippen molar-refractivity contribution in [3.05, 3.63) is 83.1 Å². The summed E-state index contributed by atoms with van der Waals surface area (Å²) in [6, 6.07) is 17.7. The maximum Gasteiger partial charge on any atom is 0.232 e. The van der Waals surface area contributed by atoms with Crippen molar-refractivity contribution in [1.82, 2.24) is 14.7 Å². The monoisotopic (exact) mass is 385 g/mol. The molecule has 0 aliphatic heterocycles. The average Bonchev–Trinajstić information content (AvgIpc) is 3.08. The highest BCUT2D eigenvalue weighted by molar-refractivity contribution is 8.00. The maximum atomic E-state index is 12.4. The maximum absolute atomic E-state index is 12.4. The quantitative estimate of drug-likeness (QED) is 0.568. The van der Waals surface area contributed by atoms with Gasteiger partial charge in [0.05, 0.1) is 23.5 Å². The highest BCUT2D eigenvalue weighted by Gasteiger charge is 2.12. The molecule has 26 heavy (non-hydrogen) atoms. The van der Waals surface area contributed by atoms with Crippen molar-refractivity contribution < 1.29 is 4.79 Å². The molecule has 4 nitrogen and oxygen atoms in total. The Morgan fingerprint density at radius 2 is 1.85 bits per heavy atom. The minimum atomic E-state index is 0.0609. The number of carbonyl (C=O) groups is 1. The van der Waals surface area contributed by atoms with Crippen molar-refractivity contribution in [3.63, 3.8) is 0 Å². The largest absolute Gasteiger partial charge is 0.341 e. The Morgan fingerprint density at radius 1 is 1.12 bits per heavy atom. The van der Waals surface area contributed by atoms with Gasteiger partial charge in [-0.1, -0.05) is 54.1 Å². The summed E-state index contributed by atoms with van der Waals surface area (Å²) in [4.78, 5) is 15.0. The van der Waals surface area contributed by atoms with Gasteiger partial charge in [-0.05, 0) is 17.7 Å². The topological polar surface area (TPSA) is 38.1 Å². The van der Waals surface area contributed by atoms with Crippen LogP contribution in [0.4, 0.5) is 0 Å². The van der Waals surface area contributed by atoms with Crippen LogP contribution in [0, 0.1) is 0 Å². The lowest BCUT2D eigenvalue weighted by Gasteiger charge is -2.16. The van der Waals surface area contributed by atoms with Crippen molar-refractivity contribution in [2.24, 2.45) is 0 Å². The Morgan fingerprint density at radius 3 is 2.62 bits per heavy atom. The highest BCUT2D eigenvalue weighted by Crippen LogP contribution is 2.26. The second-order valence-corrected chi connectivity index (χ2v) is 7.43. The zero-order valence-electron chi connectivity index (χ0n) is 14.5. The van der Waals surface area contributed by atoms with E-state index in [0.717, 1.165) is 17.0 Å². The van der Waals surface area contributed by atoms with Crippen LogP contribution in [-0.4, -0.2) is 33.4 Å². The van der Waals surface area contributed by atoms with E-state index in [1.54, 1.807) is 4.90 Å². The van der Waals surface area contributed by atoms with Gasteiger partial charge in [-0.15, -0.1) is 11.8 Å². The first-order valence-electron chi connectivity index (χ1n) is 8.28. The van der Waals surface area contributed by atoms with Crippen LogP contribution in [-0.2, 0) is 17.9 Å². The molecule has 3 aromatic rings. The van der Waals surface area contributed by atoms with Crippen molar-refractivity contribution in [1.29, 1.82) is 0 Å². The van der Waals surface area contributed by atoms with Crippen LogP contribution in [0.3, 0.4) is 0 Å². The van der Waals surface area contributed by atoms with Gasteiger partial charge < -0.3 is 4.90 Å². The van der Waals surface area contributed by atoms with Crippen molar-refractivity contribution >= 4 is 29.3 Å². The molecule has 0 N–H and O–H groups in total. The first-order chi connectivity index (χ1) is 12.6. The van der Waals surface area contributed by atoms with Gasteiger partial charge in [-0.25, -0.2) is 0 Å². The normalized spacial score (nSPS) is 10.7. The van der Waals surface area contributed by atoms with Gasteiger partial charge in [-0.3, -0.25) is 9.48 Å². The molecule has 0 atom stereocenters. The standard InChI is InChI=1S/C20H20ClN3OS/c1-23(20(25)15-26-19-10-6-5-9-18(19)21)12-17-11-22-24(14-17)13-16-7-3-2-4-8-16/h2-11,14H,12-13,15H2,1H3. The summed E-state index contributed by atoms with van der Waals surface area (Å²) in [5.41, 5.74) is 2.21. The number of benzene rings is 2. The number of hydrogen-bond donors (Lipinski definition) is 0. The van der Waals surface area contributed by atoms with Gasteiger partial charge in [0.15, 0.2) is 0 Å². The van der Waals surface area contributed by atoms with E-state index >= 15 is 0 Å². The predicted molar refractivity (Wildman–Crippen MR) is 106 cm³/mol. The molecule has 0 unspecified atom stereocenters. The fourth-order valence-electron chi connectivity index (χ4n) is 2.52. The molecular weight excluding hydrogens is 366 g/mol. The second-order valence-electron chi connectivity index (χ2n) is 6.00. The molecule has 0 saturated carbocycles. The summed E-state index contributed by atoms with van der Waals surface area (Å²) in [6.07, 6.45) is 3.80. The molecule has 0 radical (unpaired) electrons. The van der Waals surface area contributed by atoms with Gasteiger partial charge >= 0.3 is 0 Å². The Bertz CT molecular complexity index is 866. The molecule has 134 valence electrons. The molecule has 1 heterocycles. The molecule has 1 amide bonds. The molecular formula is C20H20ClN3OS. The Labute approximate surface area is 162 Å². The van der Waals surface area contributed by atoms with Gasteiger partial charge in [-0.2, -0.15) is 5.10 Å². The molecule has 0 spiro atoms. The van der Waals surface area contributed by atoms with Crippen LogP contribution in [0.25, 0.3) is 0 Å². The molecule has 0 aliphatic rings. The van der Waals surface area contributed by atoms with Crippen molar-refractivity contribution in [2.75, 3.05) is 12.8 Å². The third kappa shape index (κ3) is 5.13. The lowest BCUT2D eigenvalue weighted by molar-refractivity contribution is -0.127. The summed E-state index contributed by atoms with van der Waals surface area (Å²) in [5, 5.41) is 5.06. The number of hydrogen-bond acceptors (Lipinski definition) is 3. The zero-order valence-corrected chi connectivity index (χ0v) is 16.1. The second kappa shape index (κ2) is 8.92. The highest BCUT2D eigenvalue weighted by atomic mass is 35.5. The first kappa shape index (κ1) is 18.5. The summed E-state index contributed by atoms with van der Waals surface area (Å²) in [7, 11) is 1.81. The minimum absolute atomic E-state index is 0.0609. The summed E-state index contributed by atoms with van der Waals surface area (Å²) < 4.78 is 1.89. The average molecular weight is 386 g/mol. The van der Waals surface area contributed by atoms with E-state index in [-0.39, 0.29) is 5.91 Å². The molecule has 1 aromatic heterocycles. The zero-order chi connectivity index (χ0) is 18.4. The first-order valence-corrected chi connectivity index (χ1v) is 9.65. The Balaban J connectivity index is 1.52. The lowest BCUT2D eigenvalue weighted by atomic mass is 10.2. The van der Waals surface area contributed by atoms with Gasteiger partial charge in [0.2, 0.25) is 5.91 Å². The molecule has 6 heteroatoms. The molecule has 0 saturated heterocycles. The van der Waals surface area contributed by atoms with Crippen LogP contribution in [0.5, 0.6) is 0 Å². The molecule has 0 aliphatic carbocycles. The van der Waals surface area contributed by atoms with Crippen LogP contribution < -0.4 is 0 Å². The number of carbonyl (C=O) groups excluding carboxylic acids is 1. The third-order valence-corrected chi connectivity index (χ3v) is 5.41. The number of thioether (sulfide) groups is 1. The molecule has 2 aromatic carbocycles. The SMILES string of the molecule is CN(Cc1cnn(Cc2ccccc2)c1)C(=O)CSc1ccccc1Cl. The molecule has 0 fully saturated rings. The summed E-state index contributed by atoms with van der Waals surface area (Å²) in [6.45, 7) is 1.26. The summed E-state index contributed by atoms with van der Waals surface area (Å²) in [5.74, 6) is 0.420. The van der Waals surface area contributed by atoms with Gasteiger partial charge in [0.1, 0.15) is 0 Å². The lowest BCUT2D eigenvalue weighted by Crippen LogP contribution is -2.27. The molecule has 3 rings (SSSR count). The Kier molecular flexibility index (Phi) is 6.36. The predicted octanol–water partition coefficient (Wildman–Crippen LogP) is 4.34. The van der Waals surface area contributed by atoms with Crippen molar-refractivity contribution in [3.8, 4) is 0 Å². The van der Waals surface area contributed by atoms with E-state index in [9.17, 15) is 4.79 Å². The van der Waals surface area contributed by atoms with Gasteiger partial charge in [0.25, 0.3) is 0 Å². The van der Waals surface area contributed by atoms with E-state index in [0.29, 0.717) is 17.3 Å². The smallest absolute Gasteiger partial charge is 0.232 e. The van der Waals surface area contributed by atoms with E-state index < -0.39 is 0 Å². The Hall–Kier alpha value is -2.24. The molecule has 0 bridgehead atoms.